The number of rotatable bonds is 4. The van der Waals surface area contributed by atoms with Gasteiger partial charge in [-0.3, -0.25) is 14.5 Å². The lowest BCUT2D eigenvalue weighted by molar-refractivity contribution is -0.137. The van der Waals surface area contributed by atoms with Crippen LogP contribution in [0.3, 0.4) is 0 Å². The van der Waals surface area contributed by atoms with Crippen molar-refractivity contribution in [3.63, 3.8) is 0 Å². The van der Waals surface area contributed by atoms with Crippen molar-refractivity contribution < 1.29 is 9.59 Å². The summed E-state index contributed by atoms with van der Waals surface area (Å²) < 4.78 is 0. The lowest BCUT2D eigenvalue weighted by atomic mass is 10.00. The van der Waals surface area contributed by atoms with Gasteiger partial charge in [-0.2, -0.15) is 0 Å². The predicted molar refractivity (Wildman–Crippen MR) is 77.3 cm³/mol. The monoisotopic (exact) mass is 282 g/mol. The molecule has 2 amide bonds. The van der Waals surface area contributed by atoms with Crippen LogP contribution in [0.2, 0.25) is 0 Å². The second-order valence-corrected chi connectivity index (χ2v) is 5.69. The van der Waals surface area contributed by atoms with Crippen molar-refractivity contribution in [1.82, 2.24) is 20.4 Å². The topological polar surface area (TPSA) is 64.7 Å². The predicted octanol–water partition coefficient (Wildman–Crippen LogP) is -0.735. The van der Waals surface area contributed by atoms with E-state index < -0.39 is 0 Å². The summed E-state index contributed by atoms with van der Waals surface area (Å²) in [6, 6.07) is 0.288. The summed E-state index contributed by atoms with van der Waals surface area (Å²) in [5.41, 5.74) is 0. The molecular weight excluding hydrogens is 256 g/mol. The summed E-state index contributed by atoms with van der Waals surface area (Å²) in [5, 5.41) is 6.14. The van der Waals surface area contributed by atoms with Gasteiger partial charge in [-0.1, -0.05) is 0 Å². The van der Waals surface area contributed by atoms with E-state index in [2.05, 4.69) is 22.5 Å². The summed E-state index contributed by atoms with van der Waals surface area (Å²) >= 11 is 0. The average molecular weight is 282 g/mol. The van der Waals surface area contributed by atoms with Gasteiger partial charge < -0.3 is 15.5 Å². The van der Waals surface area contributed by atoms with E-state index in [1.54, 1.807) is 0 Å². The van der Waals surface area contributed by atoms with Gasteiger partial charge in [0.05, 0.1) is 12.5 Å². The molecule has 0 spiro atoms. The Bertz CT molecular complexity index is 353. The SMILES string of the molecule is CCNC(=O)CN1CCN(C(=O)C2CCNC2C)CC1. The van der Waals surface area contributed by atoms with Crippen LogP contribution in [-0.4, -0.2) is 73.5 Å². The normalized spacial score (nSPS) is 27.6. The van der Waals surface area contributed by atoms with Gasteiger partial charge in [-0.05, 0) is 26.8 Å². The lowest BCUT2D eigenvalue weighted by Gasteiger charge is -2.36. The Balaban J connectivity index is 1.76. The van der Waals surface area contributed by atoms with Crippen LogP contribution in [0.1, 0.15) is 20.3 Å². The molecule has 0 aromatic rings. The smallest absolute Gasteiger partial charge is 0.234 e. The van der Waals surface area contributed by atoms with Crippen molar-refractivity contribution in [3.05, 3.63) is 0 Å². The van der Waals surface area contributed by atoms with Gasteiger partial charge in [0.25, 0.3) is 0 Å². The highest BCUT2D eigenvalue weighted by Gasteiger charge is 2.33. The minimum absolute atomic E-state index is 0.0703. The van der Waals surface area contributed by atoms with E-state index in [-0.39, 0.29) is 23.8 Å². The minimum Gasteiger partial charge on any atom is -0.355 e. The number of nitrogens with one attached hydrogen (secondary N) is 2. The van der Waals surface area contributed by atoms with E-state index in [1.807, 2.05) is 11.8 Å². The highest BCUT2D eigenvalue weighted by Crippen LogP contribution is 2.19. The van der Waals surface area contributed by atoms with E-state index in [4.69, 9.17) is 0 Å². The van der Waals surface area contributed by atoms with Crippen molar-refractivity contribution in [1.29, 1.82) is 0 Å². The second-order valence-electron chi connectivity index (χ2n) is 5.69. The third-order valence-electron chi connectivity index (χ3n) is 4.27. The van der Waals surface area contributed by atoms with Crippen molar-refractivity contribution in [2.45, 2.75) is 26.3 Å². The van der Waals surface area contributed by atoms with Gasteiger partial charge in [0, 0.05) is 38.8 Å². The third-order valence-corrected chi connectivity index (χ3v) is 4.27. The van der Waals surface area contributed by atoms with Gasteiger partial charge in [-0.25, -0.2) is 0 Å². The maximum Gasteiger partial charge on any atom is 0.234 e. The first-order valence-corrected chi connectivity index (χ1v) is 7.63. The number of piperazine rings is 1. The van der Waals surface area contributed by atoms with Crippen LogP contribution < -0.4 is 10.6 Å². The maximum absolute atomic E-state index is 12.4. The second kappa shape index (κ2) is 7.04. The fraction of sp³-hybridized carbons (Fsp3) is 0.857. The van der Waals surface area contributed by atoms with E-state index in [0.29, 0.717) is 13.1 Å². The fourth-order valence-electron chi connectivity index (χ4n) is 3.01. The molecule has 6 nitrogen and oxygen atoms in total. The summed E-state index contributed by atoms with van der Waals surface area (Å²) in [6.45, 7) is 9.11. The minimum atomic E-state index is 0.0703. The van der Waals surface area contributed by atoms with E-state index in [0.717, 1.165) is 39.1 Å². The Morgan fingerprint density at radius 2 is 1.95 bits per heavy atom. The quantitative estimate of drug-likeness (QED) is 0.713. The summed E-state index contributed by atoms with van der Waals surface area (Å²) in [6.07, 6.45) is 0.944. The molecule has 114 valence electrons. The number of amides is 2. The van der Waals surface area contributed by atoms with Crippen LogP contribution in [-0.2, 0) is 9.59 Å². The van der Waals surface area contributed by atoms with Crippen LogP contribution in [0, 0.1) is 5.92 Å². The molecule has 0 radical (unpaired) electrons. The molecule has 6 heteroatoms. The van der Waals surface area contributed by atoms with Crippen LogP contribution in [0.25, 0.3) is 0 Å². The van der Waals surface area contributed by atoms with Crippen molar-refractivity contribution in [3.8, 4) is 0 Å². The molecule has 2 unspecified atom stereocenters. The molecule has 0 bridgehead atoms. The lowest BCUT2D eigenvalue weighted by Crippen LogP contribution is -2.53. The third kappa shape index (κ3) is 3.70. The summed E-state index contributed by atoms with van der Waals surface area (Å²) in [4.78, 5) is 28.0. The molecule has 2 rings (SSSR count). The van der Waals surface area contributed by atoms with Crippen molar-refractivity contribution in [2.24, 2.45) is 5.92 Å². The molecular formula is C14H26N4O2. The van der Waals surface area contributed by atoms with Crippen LogP contribution in [0.15, 0.2) is 0 Å². The molecule has 0 aromatic heterocycles. The molecule has 2 saturated heterocycles. The highest BCUT2D eigenvalue weighted by atomic mass is 16.2. The first kappa shape index (κ1) is 15.3. The van der Waals surface area contributed by atoms with E-state index in [1.165, 1.54) is 0 Å². The van der Waals surface area contributed by atoms with Gasteiger partial charge >= 0.3 is 0 Å². The van der Waals surface area contributed by atoms with Crippen LogP contribution in [0.5, 0.6) is 0 Å². The number of carbonyl (C=O) groups is 2. The summed E-state index contributed by atoms with van der Waals surface area (Å²) in [5.74, 6) is 0.478. The van der Waals surface area contributed by atoms with Gasteiger partial charge in [0.15, 0.2) is 0 Å². The molecule has 2 atom stereocenters. The Hall–Kier alpha value is -1.14. The first-order valence-electron chi connectivity index (χ1n) is 7.63. The van der Waals surface area contributed by atoms with E-state index in [9.17, 15) is 9.59 Å². The zero-order valence-corrected chi connectivity index (χ0v) is 12.5. The summed E-state index contributed by atoms with van der Waals surface area (Å²) in [7, 11) is 0. The zero-order chi connectivity index (χ0) is 14.5. The van der Waals surface area contributed by atoms with Gasteiger partial charge in [0.2, 0.25) is 11.8 Å². The van der Waals surface area contributed by atoms with Crippen molar-refractivity contribution in [2.75, 3.05) is 45.8 Å². The zero-order valence-electron chi connectivity index (χ0n) is 12.5. The Kier molecular flexibility index (Phi) is 5.37. The molecule has 0 aromatic carbocycles. The molecule has 0 aliphatic carbocycles. The maximum atomic E-state index is 12.4. The number of hydrogen-bond acceptors (Lipinski definition) is 4. The number of likely N-dealkylation sites (N-methyl/N-ethyl adjacent to an activating group) is 1. The largest absolute Gasteiger partial charge is 0.355 e. The molecule has 2 fully saturated rings. The molecule has 2 N–H and O–H groups in total. The van der Waals surface area contributed by atoms with E-state index >= 15 is 0 Å². The molecule has 2 aliphatic heterocycles. The molecule has 20 heavy (non-hydrogen) atoms. The van der Waals surface area contributed by atoms with Gasteiger partial charge in [-0.15, -0.1) is 0 Å². The first-order chi connectivity index (χ1) is 9.61. The number of carbonyl (C=O) groups excluding carboxylic acids is 2. The fourth-order valence-corrected chi connectivity index (χ4v) is 3.01. The molecule has 2 heterocycles. The Morgan fingerprint density at radius 3 is 2.50 bits per heavy atom. The molecule has 2 aliphatic rings. The molecule has 0 saturated carbocycles. The van der Waals surface area contributed by atoms with Crippen LogP contribution in [0.4, 0.5) is 0 Å². The average Bonchev–Trinajstić information content (AvgIpc) is 2.85. The van der Waals surface area contributed by atoms with Crippen molar-refractivity contribution >= 4 is 11.8 Å². The Morgan fingerprint density at radius 1 is 1.25 bits per heavy atom. The Labute approximate surface area is 120 Å². The van der Waals surface area contributed by atoms with Gasteiger partial charge in [0.1, 0.15) is 0 Å². The standard InChI is InChI=1S/C14H26N4O2/c1-3-15-13(19)10-17-6-8-18(9-7-17)14(20)12-4-5-16-11(12)2/h11-12,16H,3-10H2,1-2H3,(H,15,19). The highest BCUT2D eigenvalue weighted by molar-refractivity contribution is 5.80. The number of nitrogens with zero attached hydrogens (tertiary/aromatic N) is 2. The number of hydrogen-bond donors (Lipinski definition) is 2. The van der Waals surface area contributed by atoms with Crippen LogP contribution >= 0.6 is 0 Å².